The summed E-state index contributed by atoms with van der Waals surface area (Å²) in [5.41, 5.74) is 2.46. The molecule has 0 saturated carbocycles. The molecule has 1 aliphatic rings. The number of aromatic nitrogens is 2. The summed E-state index contributed by atoms with van der Waals surface area (Å²) in [6.07, 6.45) is -9.46. The number of nitrogens with zero attached hydrogens (tertiary/aromatic N) is 2. The number of nitriles is 1. The fraction of sp³-hybridized carbons (Fsp3) is 0.200. The second-order valence-electron chi connectivity index (χ2n) is 5.36. The van der Waals surface area contributed by atoms with E-state index in [9.17, 15) is 31.6 Å². The molecular formula is C15H8F6N4O. The number of hydrogen-bond donors (Lipinski definition) is 2. The molecule has 0 saturated heterocycles. The fourth-order valence-corrected chi connectivity index (χ4v) is 2.66. The summed E-state index contributed by atoms with van der Waals surface area (Å²) in [6, 6.07) is 5.05. The number of allylic oxidation sites excluding steroid dienone is 1. The van der Waals surface area contributed by atoms with E-state index in [1.165, 1.54) is 0 Å². The lowest BCUT2D eigenvalue weighted by molar-refractivity contribution is -0.142. The first-order valence-electron chi connectivity index (χ1n) is 6.94. The Balaban J connectivity index is 2.19. The number of rotatable bonds is 1. The lowest BCUT2D eigenvalue weighted by Crippen LogP contribution is -2.23. The second kappa shape index (κ2) is 5.69. The number of H-pyrrole nitrogens is 1. The predicted octanol–water partition coefficient (Wildman–Crippen LogP) is 3.67. The van der Waals surface area contributed by atoms with Crippen LogP contribution in [0.15, 0.2) is 35.7 Å². The molecule has 11 heteroatoms. The maximum atomic E-state index is 13.2. The first-order chi connectivity index (χ1) is 12.0. The van der Waals surface area contributed by atoms with Crippen LogP contribution in [0.2, 0.25) is 0 Å². The topological polar surface area (TPSA) is 87.7 Å². The van der Waals surface area contributed by atoms with Crippen LogP contribution in [0.1, 0.15) is 28.3 Å². The van der Waals surface area contributed by atoms with Crippen molar-refractivity contribution < 1.29 is 31.1 Å². The van der Waals surface area contributed by atoms with Crippen molar-refractivity contribution >= 4 is 0 Å². The molecule has 0 fully saturated rings. The molecule has 2 aromatic rings. The van der Waals surface area contributed by atoms with Gasteiger partial charge in [0.05, 0.1) is 17.0 Å². The molecule has 3 rings (SSSR count). The number of nitrogens with two attached hydrogens (primary N) is 1. The molecule has 1 unspecified atom stereocenters. The third kappa shape index (κ3) is 2.83. The predicted molar refractivity (Wildman–Crippen MR) is 74.3 cm³/mol. The van der Waals surface area contributed by atoms with Crippen LogP contribution in [0.3, 0.4) is 0 Å². The van der Waals surface area contributed by atoms with Crippen LogP contribution in [0, 0.1) is 11.3 Å². The van der Waals surface area contributed by atoms with Crippen LogP contribution in [0.5, 0.6) is 5.88 Å². The Bertz CT molecular complexity index is 918. The van der Waals surface area contributed by atoms with E-state index in [0.717, 1.165) is 12.1 Å². The quantitative estimate of drug-likeness (QED) is 0.746. The van der Waals surface area contributed by atoms with Crippen LogP contribution < -0.4 is 10.5 Å². The van der Waals surface area contributed by atoms with Crippen LogP contribution in [-0.4, -0.2) is 10.2 Å². The van der Waals surface area contributed by atoms with E-state index >= 15 is 0 Å². The minimum absolute atomic E-state index is 0.00829. The molecular weight excluding hydrogens is 366 g/mol. The number of alkyl halides is 6. The summed E-state index contributed by atoms with van der Waals surface area (Å²) in [7, 11) is 0. The summed E-state index contributed by atoms with van der Waals surface area (Å²) in [6.45, 7) is 0. The average Bonchev–Trinajstić information content (AvgIpc) is 2.96. The maximum Gasteiger partial charge on any atom is 0.433 e. The van der Waals surface area contributed by atoms with E-state index < -0.39 is 46.9 Å². The number of halogens is 6. The molecule has 5 nitrogen and oxygen atoms in total. The van der Waals surface area contributed by atoms with Gasteiger partial charge in [-0.3, -0.25) is 5.10 Å². The Morgan fingerprint density at radius 2 is 1.69 bits per heavy atom. The molecule has 1 aliphatic heterocycles. The number of hydrogen-bond acceptors (Lipinski definition) is 4. The highest BCUT2D eigenvalue weighted by Gasteiger charge is 2.44. The van der Waals surface area contributed by atoms with Gasteiger partial charge in [0, 0.05) is 0 Å². The lowest BCUT2D eigenvalue weighted by atomic mass is 9.83. The Hall–Kier alpha value is -3.16. The van der Waals surface area contributed by atoms with Crippen molar-refractivity contribution in [2.45, 2.75) is 18.3 Å². The van der Waals surface area contributed by atoms with Gasteiger partial charge in [0.25, 0.3) is 0 Å². The SMILES string of the molecule is N#CC1=C(N)Oc2n[nH]c(C(F)(F)F)c2C1c1ccc(C(F)(F)F)cc1. The molecule has 136 valence electrons. The molecule has 2 heterocycles. The molecule has 26 heavy (non-hydrogen) atoms. The van der Waals surface area contributed by atoms with Gasteiger partial charge in [-0.2, -0.15) is 31.6 Å². The molecule has 1 aromatic carbocycles. The molecule has 3 N–H and O–H groups in total. The maximum absolute atomic E-state index is 13.2. The van der Waals surface area contributed by atoms with Crippen LogP contribution in [0.4, 0.5) is 26.3 Å². The highest BCUT2D eigenvalue weighted by atomic mass is 19.4. The number of benzene rings is 1. The first-order valence-corrected chi connectivity index (χ1v) is 6.94. The van der Waals surface area contributed by atoms with Crippen LogP contribution >= 0.6 is 0 Å². The van der Waals surface area contributed by atoms with Gasteiger partial charge >= 0.3 is 12.4 Å². The Labute approximate surface area is 141 Å². The minimum Gasteiger partial charge on any atom is -0.420 e. The zero-order valence-corrected chi connectivity index (χ0v) is 12.5. The van der Waals surface area contributed by atoms with E-state index in [0.29, 0.717) is 12.1 Å². The highest BCUT2D eigenvalue weighted by molar-refractivity contribution is 5.55. The molecule has 1 atom stereocenters. The third-order valence-corrected chi connectivity index (χ3v) is 3.79. The fourth-order valence-electron chi connectivity index (χ4n) is 2.66. The highest BCUT2D eigenvalue weighted by Crippen LogP contribution is 2.47. The van der Waals surface area contributed by atoms with Crippen molar-refractivity contribution in [1.82, 2.24) is 10.2 Å². The lowest BCUT2D eigenvalue weighted by Gasteiger charge is -2.24. The van der Waals surface area contributed by atoms with Crippen LogP contribution in [-0.2, 0) is 12.4 Å². The van der Waals surface area contributed by atoms with Gasteiger partial charge in [0.1, 0.15) is 17.3 Å². The van der Waals surface area contributed by atoms with E-state index in [1.807, 2.05) is 0 Å². The minimum atomic E-state index is -4.85. The molecule has 0 aliphatic carbocycles. The normalized spacial score (nSPS) is 17.5. The van der Waals surface area contributed by atoms with E-state index in [2.05, 4.69) is 5.10 Å². The van der Waals surface area contributed by atoms with Crippen molar-refractivity contribution in [2.75, 3.05) is 0 Å². The van der Waals surface area contributed by atoms with E-state index in [1.54, 1.807) is 11.2 Å². The smallest absolute Gasteiger partial charge is 0.420 e. The van der Waals surface area contributed by atoms with Crippen molar-refractivity contribution in [2.24, 2.45) is 5.73 Å². The number of ether oxygens (including phenoxy) is 1. The molecule has 1 aromatic heterocycles. The Morgan fingerprint density at radius 1 is 1.08 bits per heavy atom. The summed E-state index contributed by atoms with van der Waals surface area (Å²) < 4.78 is 82.8. The summed E-state index contributed by atoms with van der Waals surface area (Å²) in [5.74, 6) is -2.33. The zero-order valence-electron chi connectivity index (χ0n) is 12.5. The van der Waals surface area contributed by atoms with Gasteiger partial charge in [-0.15, -0.1) is 5.10 Å². The average molecular weight is 374 g/mol. The van der Waals surface area contributed by atoms with Gasteiger partial charge < -0.3 is 10.5 Å². The monoisotopic (exact) mass is 374 g/mol. The molecule has 0 amide bonds. The molecule has 0 spiro atoms. The van der Waals surface area contributed by atoms with E-state index in [-0.39, 0.29) is 11.1 Å². The van der Waals surface area contributed by atoms with Crippen LogP contribution in [0.25, 0.3) is 0 Å². The van der Waals surface area contributed by atoms with Gasteiger partial charge in [0.2, 0.25) is 11.8 Å². The van der Waals surface area contributed by atoms with Gasteiger partial charge in [-0.05, 0) is 17.7 Å². The second-order valence-corrected chi connectivity index (χ2v) is 5.36. The van der Waals surface area contributed by atoms with E-state index in [4.69, 9.17) is 10.5 Å². The van der Waals surface area contributed by atoms with Crippen molar-refractivity contribution in [3.05, 3.63) is 58.1 Å². The van der Waals surface area contributed by atoms with Gasteiger partial charge in [0.15, 0.2) is 0 Å². The first kappa shape index (κ1) is 17.7. The van der Waals surface area contributed by atoms with Crippen molar-refractivity contribution in [3.8, 4) is 11.9 Å². The third-order valence-electron chi connectivity index (χ3n) is 3.79. The van der Waals surface area contributed by atoms with Gasteiger partial charge in [-0.1, -0.05) is 12.1 Å². The Kier molecular flexibility index (Phi) is 3.86. The number of nitrogens with one attached hydrogen (secondary N) is 1. The summed E-state index contributed by atoms with van der Waals surface area (Å²) in [4.78, 5) is 0. The Morgan fingerprint density at radius 3 is 2.19 bits per heavy atom. The standard InChI is InChI=1S/C15H8F6N4O/c16-14(17,18)7-3-1-6(2-4-7)9-8(5-22)12(23)26-13-10(9)11(24-25-13)15(19,20)21/h1-4,9H,23H2,(H,24,25). The number of fused-ring (bicyclic) bond motifs is 1. The molecule has 0 radical (unpaired) electrons. The summed E-state index contributed by atoms with van der Waals surface area (Å²) in [5, 5.41) is 14.5. The van der Waals surface area contributed by atoms with Crippen molar-refractivity contribution in [1.29, 1.82) is 5.26 Å². The van der Waals surface area contributed by atoms with Gasteiger partial charge in [-0.25, -0.2) is 0 Å². The zero-order chi connectivity index (χ0) is 19.3. The molecule has 0 bridgehead atoms. The number of aromatic amines is 1. The summed E-state index contributed by atoms with van der Waals surface area (Å²) >= 11 is 0. The van der Waals surface area contributed by atoms with Crippen molar-refractivity contribution in [3.63, 3.8) is 0 Å². The largest absolute Gasteiger partial charge is 0.433 e.